The Morgan fingerprint density at radius 3 is 2.46 bits per heavy atom. The number of hydrogen-bond donors (Lipinski definition) is 2. The topological polar surface area (TPSA) is 61.8 Å². The molecule has 1 saturated heterocycles. The van der Waals surface area contributed by atoms with Crippen molar-refractivity contribution in [1.29, 1.82) is 0 Å². The lowest BCUT2D eigenvalue weighted by Crippen LogP contribution is -2.35. The van der Waals surface area contributed by atoms with Crippen LogP contribution in [0.4, 0.5) is 11.4 Å². The first kappa shape index (κ1) is 18.3. The molecule has 1 fully saturated rings. The molecule has 1 aliphatic heterocycles. The van der Waals surface area contributed by atoms with E-state index in [9.17, 15) is 9.90 Å². The van der Waals surface area contributed by atoms with E-state index in [1.807, 2.05) is 66.7 Å². The highest BCUT2D eigenvalue weighted by atomic mass is 16.5. The summed E-state index contributed by atoms with van der Waals surface area (Å²) in [5, 5.41) is 14.7. The lowest BCUT2D eigenvalue weighted by atomic mass is 10.1. The summed E-state index contributed by atoms with van der Waals surface area (Å²) in [7, 11) is 0. The molecule has 1 heterocycles. The summed E-state index contributed by atoms with van der Waals surface area (Å²) in [6, 6.07) is 21.6. The maximum atomic E-state index is 12.2. The van der Waals surface area contributed by atoms with Gasteiger partial charge in [0.15, 0.2) is 6.61 Å². The molecule has 0 aromatic heterocycles. The maximum absolute atomic E-state index is 12.2. The number of benzene rings is 3. The molecule has 3 aromatic carbocycles. The van der Waals surface area contributed by atoms with Gasteiger partial charge in [0, 0.05) is 24.5 Å². The zero-order chi connectivity index (χ0) is 19.3. The van der Waals surface area contributed by atoms with Crippen LogP contribution in [0.25, 0.3) is 10.8 Å². The van der Waals surface area contributed by atoms with Crippen molar-refractivity contribution >= 4 is 28.1 Å². The molecule has 28 heavy (non-hydrogen) atoms. The van der Waals surface area contributed by atoms with Gasteiger partial charge >= 0.3 is 0 Å². The van der Waals surface area contributed by atoms with Crippen LogP contribution in [0.3, 0.4) is 0 Å². The molecule has 1 aliphatic rings. The average molecular weight is 376 g/mol. The molecule has 4 rings (SSSR count). The van der Waals surface area contributed by atoms with Crippen molar-refractivity contribution in [1.82, 2.24) is 0 Å². The summed E-state index contributed by atoms with van der Waals surface area (Å²) in [4.78, 5) is 14.4. The van der Waals surface area contributed by atoms with Crippen molar-refractivity contribution in [3.05, 3.63) is 66.7 Å². The highest BCUT2D eigenvalue weighted by molar-refractivity contribution is 5.92. The van der Waals surface area contributed by atoms with Crippen LogP contribution in [0.15, 0.2) is 66.7 Å². The van der Waals surface area contributed by atoms with E-state index in [-0.39, 0.29) is 18.6 Å². The fraction of sp³-hybridized carbons (Fsp3) is 0.261. The number of ether oxygens (including phenoxy) is 1. The summed E-state index contributed by atoms with van der Waals surface area (Å²) in [5.41, 5.74) is 1.85. The van der Waals surface area contributed by atoms with Crippen molar-refractivity contribution in [2.45, 2.75) is 18.9 Å². The largest absolute Gasteiger partial charge is 0.484 e. The van der Waals surface area contributed by atoms with E-state index >= 15 is 0 Å². The Hall–Kier alpha value is -3.05. The van der Waals surface area contributed by atoms with Crippen LogP contribution in [0.5, 0.6) is 5.75 Å². The van der Waals surface area contributed by atoms with Crippen molar-refractivity contribution in [3.8, 4) is 5.75 Å². The predicted octanol–water partition coefficient (Wildman–Crippen LogP) is 3.82. The number of piperidine rings is 1. The number of rotatable bonds is 5. The molecule has 0 spiro atoms. The van der Waals surface area contributed by atoms with Gasteiger partial charge in [0.2, 0.25) is 0 Å². The van der Waals surface area contributed by atoms with Crippen LogP contribution in [0.2, 0.25) is 0 Å². The van der Waals surface area contributed by atoms with Gasteiger partial charge in [-0.05, 0) is 60.0 Å². The fourth-order valence-electron chi connectivity index (χ4n) is 3.48. The molecule has 5 nitrogen and oxygen atoms in total. The Balaban J connectivity index is 1.30. The van der Waals surface area contributed by atoms with E-state index in [1.165, 1.54) is 0 Å². The normalized spacial score (nSPS) is 14.8. The molecule has 0 bridgehead atoms. The third kappa shape index (κ3) is 4.43. The second-order valence-electron chi connectivity index (χ2n) is 7.11. The van der Waals surface area contributed by atoms with Crippen molar-refractivity contribution in [3.63, 3.8) is 0 Å². The third-order valence-corrected chi connectivity index (χ3v) is 5.07. The molecule has 2 N–H and O–H groups in total. The van der Waals surface area contributed by atoms with E-state index in [0.29, 0.717) is 5.75 Å². The minimum Gasteiger partial charge on any atom is -0.484 e. The molecule has 0 saturated carbocycles. The van der Waals surface area contributed by atoms with Crippen LogP contribution in [-0.2, 0) is 4.79 Å². The van der Waals surface area contributed by atoms with Gasteiger partial charge in [-0.15, -0.1) is 0 Å². The van der Waals surface area contributed by atoms with Gasteiger partial charge in [-0.25, -0.2) is 0 Å². The number of aliphatic hydroxyl groups is 1. The van der Waals surface area contributed by atoms with Crippen LogP contribution in [0.1, 0.15) is 12.8 Å². The summed E-state index contributed by atoms with van der Waals surface area (Å²) in [6.07, 6.45) is 1.41. The van der Waals surface area contributed by atoms with E-state index in [0.717, 1.165) is 48.1 Å². The van der Waals surface area contributed by atoms with Gasteiger partial charge in [0.25, 0.3) is 5.91 Å². The maximum Gasteiger partial charge on any atom is 0.262 e. The highest BCUT2D eigenvalue weighted by Gasteiger charge is 2.17. The smallest absolute Gasteiger partial charge is 0.262 e. The Kier molecular flexibility index (Phi) is 5.44. The Labute approximate surface area is 164 Å². The molecule has 0 atom stereocenters. The van der Waals surface area contributed by atoms with Gasteiger partial charge in [0.05, 0.1) is 6.10 Å². The number of nitrogens with zero attached hydrogens (tertiary/aromatic N) is 1. The van der Waals surface area contributed by atoms with Gasteiger partial charge in [0.1, 0.15) is 5.75 Å². The number of anilines is 2. The zero-order valence-electron chi connectivity index (χ0n) is 15.7. The van der Waals surface area contributed by atoms with Crippen LogP contribution < -0.4 is 15.0 Å². The number of hydrogen-bond acceptors (Lipinski definition) is 4. The Morgan fingerprint density at radius 1 is 1.00 bits per heavy atom. The van der Waals surface area contributed by atoms with E-state index in [4.69, 9.17) is 4.74 Å². The number of carbonyl (C=O) groups excluding carboxylic acids is 1. The van der Waals surface area contributed by atoms with E-state index < -0.39 is 0 Å². The van der Waals surface area contributed by atoms with E-state index in [2.05, 4.69) is 10.2 Å². The van der Waals surface area contributed by atoms with Crippen LogP contribution in [0, 0.1) is 0 Å². The second kappa shape index (κ2) is 8.31. The number of fused-ring (bicyclic) bond motifs is 1. The lowest BCUT2D eigenvalue weighted by Gasteiger charge is -2.31. The van der Waals surface area contributed by atoms with Crippen LogP contribution >= 0.6 is 0 Å². The fourth-order valence-corrected chi connectivity index (χ4v) is 3.48. The minimum atomic E-state index is -0.193. The van der Waals surface area contributed by atoms with Crippen LogP contribution in [-0.4, -0.2) is 36.8 Å². The zero-order valence-corrected chi connectivity index (χ0v) is 15.7. The highest BCUT2D eigenvalue weighted by Crippen LogP contribution is 2.23. The first-order valence-corrected chi connectivity index (χ1v) is 9.62. The van der Waals surface area contributed by atoms with Crippen molar-refractivity contribution in [2.24, 2.45) is 0 Å². The molecule has 0 unspecified atom stereocenters. The molecular formula is C23H24N2O3. The number of amides is 1. The summed E-state index contributed by atoms with van der Waals surface area (Å²) < 4.78 is 5.63. The van der Waals surface area contributed by atoms with Gasteiger partial charge in [-0.1, -0.05) is 30.3 Å². The number of nitrogens with one attached hydrogen (secondary N) is 1. The quantitative estimate of drug-likeness (QED) is 0.711. The average Bonchev–Trinajstić information content (AvgIpc) is 2.73. The third-order valence-electron chi connectivity index (χ3n) is 5.07. The minimum absolute atomic E-state index is 0.0376. The predicted molar refractivity (Wildman–Crippen MR) is 112 cm³/mol. The summed E-state index contributed by atoms with van der Waals surface area (Å²) >= 11 is 0. The first-order chi connectivity index (χ1) is 13.7. The molecule has 3 aromatic rings. The second-order valence-corrected chi connectivity index (χ2v) is 7.11. The van der Waals surface area contributed by atoms with Crippen molar-refractivity contribution < 1.29 is 14.6 Å². The number of carbonyl (C=O) groups is 1. The van der Waals surface area contributed by atoms with E-state index in [1.54, 1.807) is 0 Å². The first-order valence-electron chi connectivity index (χ1n) is 9.62. The van der Waals surface area contributed by atoms with Gasteiger partial charge in [-0.2, -0.15) is 0 Å². The Bertz CT molecular complexity index is 947. The molecule has 1 amide bonds. The number of aliphatic hydroxyl groups excluding tert-OH is 1. The molecule has 5 heteroatoms. The molecule has 0 aliphatic carbocycles. The summed E-state index contributed by atoms with van der Waals surface area (Å²) in [6.45, 7) is 1.67. The Morgan fingerprint density at radius 2 is 1.71 bits per heavy atom. The van der Waals surface area contributed by atoms with Gasteiger partial charge in [-0.3, -0.25) is 4.79 Å². The summed E-state index contributed by atoms with van der Waals surface area (Å²) in [5.74, 6) is 0.485. The standard InChI is InChI=1S/C23H24N2O3/c26-21-11-13-25(14-12-21)20-8-6-19(7-9-20)24-23(27)16-28-22-10-5-17-3-1-2-4-18(17)15-22/h1-10,15,21,26H,11-14,16H2,(H,24,27). The van der Waals surface area contributed by atoms with Gasteiger partial charge < -0.3 is 20.1 Å². The monoisotopic (exact) mass is 376 g/mol. The lowest BCUT2D eigenvalue weighted by molar-refractivity contribution is -0.118. The molecule has 0 radical (unpaired) electrons. The molecule has 144 valence electrons. The molecular weight excluding hydrogens is 352 g/mol. The van der Waals surface area contributed by atoms with Crippen molar-refractivity contribution in [2.75, 3.05) is 29.9 Å². The SMILES string of the molecule is O=C(COc1ccc2ccccc2c1)Nc1ccc(N2CCC(O)CC2)cc1.